The van der Waals surface area contributed by atoms with E-state index in [1.165, 1.54) is 13.3 Å². The fourth-order valence-corrected chi connectivity index (χ4v) is 1.30. The summed E-state index contributed by atoms with van der Waals surface area (Å²) >= 11 is 0. The SMILES string of the molecule is COC(=O)c1ccnc(CNC(=O)NC(C)C)c1. The van der Waals surface area contributed by atoms with Gasteiger partial charge in [-0.15, -0.1) is 0 Å². The van der Waals surface area contributed by atoms with Crippen LogP contribution in [0.25, 0.3) is 0 Å². The van der Waals surface area contributed by atoms with Gasteiger partial charge in [0.25, 0.3) is 0 Å². The predicted molar refractivity (Wildman–Crippen MR) is 66.1 cm³/mol. The maximum absolute atomic E-state index is 11.4. The van der Waals surface area contributed by atoms with Gasteiger partial charge in [-0.3, -0.25) is 4.98 Å². The molecule has 0 unspecified atom stereocenters. The van der Waals surface area contributed by atoms with E-state index in [4.69, 9.17) is 0 Å². The third kappa shape index (κ3) is 4.40. The van der Waals surface area contributed by atoms with Gasteiger partial charge >= 0.3 is 12.0 Å². The second kappa shape index (κ2) is 6.58. The van der Waals surface area contributed by atoms with Gasteiger partial charge in [-0.25, -0.2) is 9.59 Å². The van der Waals surface area contributed by atoms with Crippen molar-refractivity contribution in [1.29, 1.82) is 0 Å². The molecule has 0 saturated carbocycles. The van der Waals surface area contributed by atoms with Crippen LogP contribution in [0.1, 0.15) is 29.9 Å². The molecule has 0 aromatic carbocycles. The fourth-order valence-electron chi connectivity index (χ4n) is 1.30. The largest absolute Gasteiger partial charge is 0.465 e. The zero-order valence-electron chi connectivity index (χ0n) is 10.7. The number of hydrogen-bond donors (Lipinski definition) is 2. The Balaban J connectivity index is 2.57. The van der Waals surface area contributed by atoms with Crippen molar-refractivity contribution in [3.05, 3.63) is 29.6 Å². The summed E-state index contributed by atoms with van der Waals surface area (Å²) in [5.74, 6) is -0.426. The highest BCUT2D eigenvalue weighted by atomic mass is 16.5. The number of aromatic nitrogens is 1. The van der Waals surface area contributed by atoms with Crippen molar-refractivity contribution in [3.8, 4) is 0 Å². The minimum Gasteiger partial charge on any atom is -0.465 e. The van der Waals surface area contributed by atoms with Gasteiger partial charge in [0, 0.05) is 12.2 Å². The molecule has 0 spiro atoms. The molecule has 0 aliphatic carbocycles. The number of rotatable bonds is 4. The first-order chi connectivity index (χ1) is 8.52. The number of nitrogens with one attached hydrogen (secondary N) is 2. The molecule has 1 rings (SSSR count). The molecule has 2 N–H and O–H groups in total. The van der Waals surface area contributed by atoms with Crippen LogP contribution in [0.15, 0.2) is 18.3 Å². The highest BCUT2D eigenvalue weighted by molar-refractivity contribution is 5.89. The van der Waals surface area contributed by atoms with Crippen molar-refractivity contribution in [1.82, 2.24) is 15.6 Å². The Kier molecular flexibility index (Phi) is 5.10. The third-order valence-corrected chi connectivity index (χ3v) is 2.09. The average molecular weight is 251 g/mol. The van der Waals surface area contributed by atoms with Crippen molar-refractivity contribution in [2.45, 2.75) is 26.4 Å². The van der Waals surface area contributed by atoms with Gasteiger partial charge in [0.15, 0.2) is 0 Å². The lowest BCUT2D eigenvalue weighted by Gasteiger charge is -2.10. The van der Waals surface area contributed by atoms with Crippen LogP contribution in [0.3, 0.4) is 0 Å². The van der Waals surface area contributed by atoms with E-state index in [0.29, 0.717) is 11.3 Å². The van der Waals surface area contributed by atoms with Crippen LogP contribution in [0.4, 0.5) is 4.79 Å². The predicted octanol–water partition coefficient (Wildman–Crippen LogP) is 1.08. The first kappa shape index (κ1) is 14.0. The average Bonchev–Trinajstić information content (AvgIpc) is 2.35. The Morgan fingerprint density at radius 3 is 2.78 bits per heavy atom. The zero-order chi connectivity index (χ0) is 13.5. The van der Waals surface area contributed by atoms with Crippen LogP contribution in [-0.4, -0.2) is 30.1 Å². The number of methoxy groups -OCH3 is 1. The molecule has 98 valence electrons. The molecule has 0 bridgehead atoms. The van der Waals surface area contributed by atoms with Crippen LogP contribution in [0, 0.1) is 0 Å². The maximum atomic E-state index is 11.4. The maximum Gasteiger partial charge on any atom is 0.337 e. The van der Waals surface area contributed by atoms with Crippen molar-refractivity contribution in [2.24, 2.45) is 0 Å². The summed E-state index contributed by atoms with van der Waals surface area (Å²) in [6.07, 6.45) is 1.50. The quantitative estimate of drug-likeness (QED) is 0.784. The Morgan fingerprint density at radius 1 is 1.44 bits per heavy atom. The first-order valence-electron chi connectivity index (χ1n) is 5.60. The number of pyridine rings is 1. The van der Waals surface area contributed by atoms with Gasteiger partial charge in [0.05, 0.1) is 24.9 Å². The van der Waals surface area contributed by atoms with Crippen molar-refractivity contribution >= 4 is 12.0 Å². The minimum atomic E-state index is -0.426. The standard InChI is InChI=1S/C12H17N3O3/c1-8(2)15-12(17)14-7-10-6-9(4-5-13-10)11(16)18-3/h4-6,8H,7H2,1-3H3,(H2,14,15,17). The molecule has 0 aliphatic rings. The molecule has 0 radical (unpaired) electrons. The highest BCUT2D eigenvalue weighted by Crippen LogP contribution is 2.03. The number of ether oxygens (including phenoxy) is 1. The Hall–Kier alpha value is -2.11. The van der Waals surface area contributed by atoms with Gasteiger partial charge in [0.2, 0.25) is 0 Å². The molecule has 0 saturated heterocycles. The number of nitrogens with zero attached hydrogens (tertiary/aromatic N) is 1. The summed E-state index contributed by atoms with van der Waals surface area (Å²) in [4.78, 5) is 26.7. The summed E-state index contributed by atoms with van der Waals surface area (Å²) in [6, 6.07) is 2.94. The van der Waals surface area contributed by atoms with E-state index in [1.807, 2.05) is 13.8 Å². The summed E-state index contributed by atoms with van der Waals surface area (Å²) in [5.41, 5.74) is 1.00. The molecule has 6 heteroatoms. The second-order valence-electron chi connectivity index (χ2n) is 4.01. The van der Waals surface area contributed by atoms with E-state index in [9.17, 15) is 9.59 Å². The van der Waals surface area contributed by atoms with Crippen LogP contribution in [-0.2, 0) is 11.3 Å². The molecule has 1 heterocycles. The summed E-state index contributed by atoms with van der Waals surface area (Å²) in [6.45, 7) is 3.99. The lowest BCUT2D eigenvalue weighted by Crippen LogP contribution is -2.39. The summed E-state index contributed by atoms with van der Waals surface area (Å²) in [5, 5.41) is 5.34. The molecule has 1 aromatic heterocycles. The minimum absolute atomic E-state index is 0.0689. The van der Waals surface area contributed by atoms with Crippen molar-refractivity contribution in [2.75, 3.05) is 7.11 Å². The monoisotopic (exact) mass is 251 g/mol. The van der Waals surface area contributed by atoms with Crippen molar-refractivity contribution < 1.29 is 14.3 Å². The van der Waals surface area contributed by atoms with E-state index in [0.717, 1.165) is 0 Å². The molecule has 2 amide bonds. The lowest BCUT2D eigenvalue weighted by molar-refractivity contribution is 0.0600. The van der Waals surface area contributed by atoms with E-state index in [2.05, 4.69) is 20.4 Å². The zero-order valence-corrected chi connectivity index (χ0v) is 10.7. The molecule has 6 nitrogen and oxygen atoms in total. The van der Waals surface area contributed by atoms with Crippen LogP contribution in [0.5, 0.6) is 0 Å². The normalized spacial score (nSPS) is 10.0. The molecule has 1 aromatic rings. The number of carbonyl (C=O) groups is 2. The Morgan fingerprint density at radius 2 is 2.17 bits per heavy atom. The lowest BCUT2D eigenvalue weighted by atomic mass is 10.2. The Labute approximate surface area is 106 Å². The van der Waals surface area contributed by atoms with E-state index in [-0.39, 0.29) is 18.6 Å². The molecule has 0 atom stereocenters. The Bertz CT molecular complexity index is 432. The molecule has 0 aliphatic heterocycles. The van der Waals surface area contributed by atoms with E-state index in [1.54, 1.807) is 12.1 Å². The van der Waals surface area contributed by atoms with E-state index >= 15 is 0 Å². The summed E-state index contributed by atoms with van der Waals surface area (Å²) in [7, 11) is 1.32. The van der Waals surface area contributed by atoms with Crippen LogP contribution >= 0.6 is 0 Å². The second-order valence-corrected chi connectivity index (χ2v) is 4.01. The topological polar surface area (TPSA) is 80.3 Å². The van der Waals surface area contributed by atoms with Gasteiger partial charge in [-0.05, 0) is 26.0 Å². The molecule has 18 heavy (non-hydrogen) atoms. The third-order valence-electron chi connectivity index (χ3n) is 2.09. The number of hydrogen-bond acceptors (Lipinski definition) is 4. The van der Waals surface area contributed by atoms with Gasteiger partial charge < -0.3 is 15.4 Å². The molecular weight excluding hydrogens is 234 g/mol. The fraction of sp³-hybridized carbons (Fsp3) is 0.417. The summed E-state index contributed by atoms with van der Waals surface area (Å²) < 4.78 is 4.60. The molecule has 0 fully saturated rings. The molecular formula is C12H17N3O3. The number of carbonyl (C=O) groups excluding carboxylic acids is 2. The number of amides is 2. The smallest absolute Gasteiger partial charge is 0.337 e. The van der Waals surface area contributed by atoms with Gasteiger partial charge in [-0.1, -0.05) is 0 Å². The van der Waals surface area contributed by atoms with Crippen LogP contribution in [0.2, 0.25) is 0 Å². The van der Waals surface area contributed by atoms with Crippen molar-refractivity contribution in [3.63, 3.8) is 0 Å². The highest BCUT2D eigenvalue weighted by Gasteiger charge is 2.07. The van der Waals surface area contributed by atoms with Crippen LogP contribution < -0.4 is 10.6 Å². The number of esters is 1. The first-order valence-corrected chi connectivity index (χ1v) is 5.60. The van der Waals surface area contributed by atoms with E-state index < -0.39 is 5.97 Å². The van der Waals surface area contributed by atoms with Gasteiger partial charge in [0.1, 0.15) is 0 Å². The van der Waals surface area contributed by atoms with Gasteiger partial charge in [-0.2, -0.15) is 0 Å². The number of urea groups is 1.